The molecule has 0 radical (unpaired) electrons. The van der Waals surface area contributed by atoms with Gasteiger partial charge in [-0.05, 0) is 45.0 Å². The highest BCUT2D eigenvalue weighted by Gasteiger charge is 2.13. The third kappa shape index (κ3) is 3.36. The maximum Gasteiger partial charge on any atom is 0.129 e. The molecule has 2 rings (SSSR count). The lowest BCUT2D eigenvalue weighted by Crippen LogP contribution is -2.35. The van der Waals surface area contributed by atoms with Gasteiger partial charge in [0.05, 0.1) is 6.54 Å². The number of nitrogens with one attached hydrogen (secondary N) is 1. The normalized spacial score (nSPS) is 14.9. The fraction of sp³-hybridized carbons (Fsp3) is 0.400. The lowest BCUT2D eigenvalue weighted by atomic mass is 10.2. The molecule has 3 heteroatoms. The molecule has 2 heterocycles. The van der Waals surface area contributed by atoms with Gasteiger partial charge in [-0.1, -0.05) is 18.2 Å². The third-order valence-corrected chi connectivity index (χ3v) is 3.02. The van der Waals surface area contributed by atoms with Crippen LogP contribution >= 0.6 is 0 Å². The molecule has 1 aliphatic rings. The summed E-state index contributed by atoms with van der Waals surface area (Å²) in [7, 11) is 0. The van der Waals surface area contributed by atoms with Gasteiger partial charge in [-0.25, -0.2) is 4.98 Å². The Bertz CT molecular complexity index is 421. The van der Waals surface area contributed by atoms with E-state index in [0.29, 0.717) is 6.04 Å². The molecule has 0 amide bonds. The Morgan fingerprint density at radius 2 is 2.22 bits per heavy atom. The summed E-state index contributed by atoms with van der Waals surface area (Å²) >= 11 is 0. The first kappa shape index (κ1) is 12.7. The average Bonchev–Trinajstić information content (AvgIpc) is 2.65. The van der Waals surface area contributed by atoms with Gasteiger partial charge < -0.3 is 10.2 Å². The molecule has 1 aliphatic heterocycles. The number of aromatic nitrogens is 1. The highest BCUT2D eigenvalue weighted by Crippen LogP contribution is 2.15. The van der Waals surface area contributed by atoms with Crippen molar-refractivity contribution >= 4 is 5.82 Å². The minimum absolute atomic E-state index is 0.426. The molecule has 0 spiro atoms. The van der Waals surface area contributed by atoms with Gasteiger partial charge in [0, 0.05) is 17.9 Å². The molecule has 0 aliphatic carbocycles. The smallest absolute Gasteiger partial charge is 0.129 e. The molecular weight excluding hydrogens is 222 g/mol. The molecule has 18 heavy (non-hydrogen) atoms. The summed E-state index contributed by atoms with van der Waals surface area (Å²) in [5, 5.41) is 3.35. The van der Waals surface area contributed by atoms with Crippen LogP contribution in [0.1, 0.15) is 26.7 Å². The molecule has 0 fully saturated rings. The first-order valence-corrected chi connectivity index (χ1v) is 6.55. The van der Waals surface area contributed by atoms with Crippen LogP contribution < -0.4 is 10.2 Å². The highest BCUT2D eigenvalue weighted by molar-refractivity contribution is 5.40. The van der Waals surface area contributed by atoms with Crippen molar-refractivity contribution in [2.45, 2.75) is 32.7 Å². The Hall–Kier alpha value is -1.77. The SMILES string of the molecule is CC(C)N(CC1=CCCC=CN1)c1ccccn1. The largest absolute Gasteiger partial charge is 0.364 e. The van der Waals surface area contributed by atoms with Crippen LogP contribution in [0.4, 0.5) is 5.82 Å². The van der Waals surface area contributed by atoms with Crippen LogP contribution in [0.25, 0.3) is 0 Å². The number of anilines is 1. The fourth-order valence-corrected chi connectivity index (χ4v) is 2.01. The van der Waals surface area contributed by atoms with Crippen molar-refractivity contribution < 1.29 is 0 Å². The van der Waals surface area contributed by atoms with Crippen LogP contribution in [0.3, 0.4) is 0 Å². The van der Waals surface area contributed by atoms with E-state index in [0.717, 1.165) is 25.2 Å². The fourth-order valence-electron chi connectivity index (χ4n) is 2.01. The Morgan fingerprint density at radius 3 is 2.94 bits per heavy atom. The van der Waals surface area contributed by atoms with Gasteiger partial charge >= 0.3 is 0 Å². The minimum Gasteiger partial charge on any atom is -0.364 e. The lowest BCUT2D eigenvalue weighted by molar-refractivity contribution is 0.688. The molecule has 1 aromatic rings. The van der Waals surface area contributed by atoms with Gasteiger partial charge in [0.25, 0.3) is 0 Å². The van der Waals surface area contributed by atoms with Crippen molar-refractivity contribution in [2.75, 3.05) is 11.4 Å². The summed E-state index contributed by atoms with van der Waals surface area (Å²) in [6.45, 7) is 5.27. The van der Waals surface area contributed by atoms with E-state index in [2.05, 4.69) is 47.3 Å². The molecular formula is C15H21N3. The van der Waals surface area contributed by atoms with Crippen LogP contribution in [-0.4, -0.2) is 17.6 Å². The highest BCUT2D eigenvalue weighted by atomic mass is 15.2. The second-order valence-electron chi connectivity index (χ2n) is 4.76. The number of allylic oxidation sites excluding steroid dienone is 2. The van der Waals surface area contributed by atoms with Gasteiger partial charge in [0.1, 0.15) is 5.82 Å². The van der Waals surface area contributed by atoms with Crippen molar-refractivity contribution in [3.63, 3.8) is 0 Å². The van der Waals surface area contributed by atoms with Gasteiger partial charge in [0.2, 0.25) is 0 Å². The number of hydrogen-bond acceptors (Lipinski definition) is 3. The summed E-state index contributed by atoms with van der Waals surface area (Å²) < 4.78 is 0. The molecule has 3 nitrogen and oxygen atoms in total. The molecule has 0 unspecified atom stereocenters. The van der Waals surface area contributed by atoms with Crippen LogP contribution in [0.5, 0.6) is 0 Å². The standard InChI is InChI=1S/C15H21N3/c1-13(2)18(15-9-5-7-11-17-15)12-14-8-4-3-6-10-16-14/h5-11,13,16H,3-4,12H2,1-2H3. The molecule has 1 aromatic heterocycles. The zero-order chi connectivity index (χ0) is 12.8. The topological polar surface area (TPSA) is 28.2 Å². The molecule has 0 bridgehead atoms. The summed E-state index contributed by atoms with van der Waals surface area (Å²) in [5.74, 6) is 1.03. The first-order valence-electron chi connectivity index (χ1n) is 6.55. The van der Waals surface area contributed by atoms with Gasteiger partial charge in [0.15, 0.2) is 0 Å². The summed E-state index contributed by atoms with van der Waals surface area (Å²) in [5.41, 5.74) is 1.25. The number of pyridine rings is 1. The van der Waals surface area contributed by atoms with Crippen molar-refractivity contribution in [2.24, 2.45) is 0 Å². The summed E-state index contributed by atoms with van der Waals surface area (Å²) in [6, 6.07) is 6.47. The quantitative estimate of drug-likeness (QED) is 0.881. The predicted molar refractivity (Wildman–Crippen MR) is 76.3 cm³/mol. The van der Waals surface area contributed by atoms with Crippen LogP contribution in [-0.2, 0) is 0 Å². The van der Waals surface area contributed by atoms with Gasteiger partial charge in [-0.15, -0.1) is 0 Å². The molecule has 1 N–H and O–H groups in total. The van der Waals surface area contributed by atoms with Gasteiger partial charge in [-0.3, -0.25) is 0 Å². The van der Waals surface area contributed by atoms with E-state index in [4.69, 9.17) is 0 Å². The van der Waals surface area contributed by atoms with Crippen molar-refractivity contribution in [1.82, 2.24) is 10.3 Å². The minimum atomic E-state index is 0.426. The van der Waals surface area contributed by atoms with Crippen molar-refractivity contribution in [1.29, 1.82) is 0 Å². The van der Waals surface area contributed by atoms with Gasteiger partial charge in [-0.2, -0.15) is 0 Å². The van der Waals surface area contributed by atoms with E-state index in [-0.39, 0.29) is 0 Å². The Balaban J connectivity index is 2.12. The number of rotatable bonds is 4. The molecule has 96 valence electrons. The summed E-state index contributed by atoms with van der Waals surface area (Å²) in [4.78, 5) is 6.75. The Morgan fingerprint density at radius 1 is 1.33 bits per heavy atom. The van der Waals surface area contributed by atoms with E-state index in [1.807, 2.05) is 24.5 Å². The van der Waals surface area contributed by atoms with E-state index in [1.165, 1.54) is 5.70 Å². The maximum atomic E-state index is 4.44. The lowest BCUT2D eigenvalue weighted by Gasteiger charge is -2.28. The summed E-state index contributed by atoms with van der Waals surface area (Å²) in [6.07, 6.45) is 10.5. The zero-order valence-corrected chi connectivity index (χ0v) is 11.1. The van der Waals surface area contributed by atoms with E-state index < -0.39 is 0 Å². The van der Waals surface area contributed by atoms with Crippen LogP contribution in [0, 0.1) is 0 Å². The average molecular weight is 243 g/mol. The van der Waals surface area contributed by atoms with Crippen LogP contribution in [0.15, 0.2) is 48.4 Å². The zero-order valence-electron chi connectivity index (χ0n) is 11.1. The second-order valence-corrected chi connectivity index (χ2v) is 4.76. The Labute approximate surface area is 109 Å². The third-order valence-electron chi connectivity index (χ3n) is 3.02. The van der Waals surface area contributed by atoms with E-state index in [9.17, 15) is 0 Å². The maximum absolute atomic E-state index is 4.44. The molecule has 0 aromatic carbocycles. The number of hydrogen-bond donors (Lipinski definition) is 1. The van der Waals surface area contributed by atoms with E-state index in [1.54, 1.807) is 0 Å². The molecule has 0 atom stereocenters. The number of nitrogens with zero attached hydrogens (tertiary/aromatic N) is 2. The molecule has 0 saturated carbocycles. The molecule has 0 saturated heterocycles. The van der Waals surface area contributed by atoms with Crippen molar-refractivity contribution in [3.05, 3.63) is 48.4 Å². The van der Waals surface area contributed by atoms with E-state index >= 15 is 0 Å². The predicted octanol–water partition coefficient (Wildman–Crippen LogP) is 3.08. The van der Waals surface area contributed by atoms with Crippen LogP contribution in [0.2, 0.25) is 0 Å². The monoisotopic (exact) mass is 243 g/mol. The van der Waals surface area contributed by atoms with Crippen molar-refractivity contribution in [3.8, 4) is 0 Å². The first-order chi connectivity index (χ1) is 8.77. The Kier molecular flexibility index (Phi) is 4.40. The second kappa shape index (κ2) is 6.24.